The van der Waals surface area contributed by atoms with Crippen molar-refractivity contribution < 1.29 is 0 Å². The Bertz CT molecular complexity index is 1900. The molecule has 3 aromatic heterocycles. The standard InChI is InChI=1S/C30H19N5O/c36-29-22-15-7-8-16-23(22)32-30-34(25-17-9-10-18-26(25)35(29)30)27-19-24(20-11-3-1-4-12-20)31-28(33-27)21-13-5-2-6-14-21/h1-19H. The Balaban J connectivity index is 1.62. The number of fused-ring (bicyclic) bond motifs is 4. The van der Waals surface area contributed by atoms with E-state index in [9.17, 15) is 4.79 Å². The van der Waals surface area contributed by atoms with Crippen molar-refractivity contribution in [3.05, 3.63) is 126 Å². The van der Waals surface area contributed by atoms with E-state index in [0.29, 0.717) is 28.3 Å². The Morgan fingerprint density at radius 2 is 1.22 bits per heavy atom. The lowest BCUT2D eigenvalue weighted by molar-refractivity contribution is 0.994. The van der Waals surface area contributed by atoms with Gasteiger partial charge >= 0.3 is 0 Å². The Morgan fingerprint density at radius 1 is 0.583 bits per heavy atom. The number of hydrogen-bond donors (Lipinski definition) is 0. The van der Waals surface area contributed by atoms with Crippen LogP contribution in [0.5, 0.6) is 0 Å². The first-order valence-corrected chi connectivity index (χ1v) is 11.7. The Labute approximate surface area is 205 Å². The van der Waals surface area contributed by atoms with Crippen LogP contribution in [0, 0.1) is 0 Å². The second-order valence-electron chi connectivity index (χ2n) is 8.56. The van der Waals surface area contributed by atoms with E-state index in [2.05, 4.69) is 0 Å². The molecule has 3 heterocycles. The third-order valence-corrected chi connectivity index (χ3v) is 6.36. The molecule has 0 bridgehead atoms. The molecule has 36 heavy (non-hydrogen) atoms. The summed E-state index contributed by atoms with van der Waals surface area (Å²) in [7, 11) is 0. The molecule has 7 rings (SSSR count). The quantitative estimate of drug-likeness (QED) is 0.325. The van der Waals surface area contributed by atoms with Crippen LogP contribution in [0.2, 0.25) is 0 Å². The SMILES string of the molecule is O=c1c2ccccc2nc2n(-c3cc(-c4ccccc4)nc(-c4ccccc4)n3)c3ccccc3n12. The lowest BCUT2D eigenvalue weighted by Crippen LogP contribution is -2.15. The van der Waals surface area contributed by atoms with Crippen molar-refractivity contribution >= 4 is 27.7 Å². The number of hydrogen-bond acceptors (Lipinski definition) is 4. The summed E-state index contributed by atoms with van der Waals surface area (Å²) in [4.78, 5) is 28.4. The lowest BCUT2D eigenvalue weighted by Gasteiger charge is -2.11. The first-order chi connectivity index (χ1) is 17.8. The number of para-hydroxylation sites is 3. The molecule has 0 atom stereocenters. The van der Waals surface area contributed by atoms with Crippen molar-refractivity contribution in [3.8, 4) is 28.5 Å². The van der Waals surface area contributed by atoms with Crippen LogP contribution in [0.15, 0.2) is 120 Å². The Morgan fingerprint density at radius 3 is 2.00 bits per heavy atom. The molecule has 7 aromatic rings. The smallest absolute Gasteiger partial charge is 0.267 e. The van der Waals surface area contributed by atoms with Crippen LogP contribution in [0.4, 0.5) is 0 Å². The molecule has 0 aliphatic rings. The van der Waals surface area contributed by atoms with Gasteiger partial charge in [-0.3, -0.25) is 9.36 Å². The molecule has 6 nitrogen and oxygen atoms in total. The zero-order chi connectivity index (χ0) is 24.1. The summed E-state index contributed by atoms with van der Waals surface area (Å²) in [5.41, 5.74) is 4.84. The summed E-state index contributed by atoms with van der Waals surface area (Å²) in [5, 5.41) is 0.579. The molecule has 0 saturated heterocycles. The summed E-state index contributed by atoms with van der Waals surface area (Å²) in [6.07, 6.45) is 0. The van der Waals surface area contributed by atoms with Crippen molar-refractivity contribution in [2.75, 3.05) is 0 Å². The maximum absolute atomic E-state index is 13.6. The Hall–Kier alpha value is -5.10. The van der Waals surface area contributed by atoms with Gasteiger partial charge in [0.05, 0.1) is 27.6 Å². The van der Waals surface area contributed by atoms with Crippen molar-refractivity contribution in [1.29, 1.82) is 0 Å². The fourth-order valence-corrected chi connectivity index (χ4v) is 4.69. The fourth-order valence-electron chi connectivity index (χ4n) is 4.69. The molecular weight excluding hydrogens is 446 g/mol. The van der Waals surface area contributed by atoms with Crippen molar-refractivity contribution in [2.45, 2.75) is 0 Å². The monoisotopic (exact) mass is 465 g/mol. The molecule has 0 unspecified atom stereocenters. The molecule has 0 aliphatic heterocycles. The van der Waals surface area contributed by atoms with Crippen LogP contribution in [0.1, 0.15) is 0 Å². The summed E-state index contributed by atoms with van der Waals surface area (Å²) in [5.74, 6) is 1.76. The molecule has 6 heteroatoms. The van der Waals surface area contributed by atoms with E-state index in [1.807, 2.05) is 120 Å². The van der Waals surface area contributed by atoms with Crippen LogP contribution < -0.4 is 5.56 Å². The van der Waals surface area contributed by atoms with E-state index in [-0.39, 0.29) is 5.56 Å². The number of nitrogens with zero attached hydrogens (tertiary/aromatic N) is 5. The molecule has 0 amide bonds. The second-order valence-corrected chi connectivity index (χ2v) is 8.56. The number of rotatable bonds is 3. The number of imidazole rings is 1. The molecule has 170 valence electrons. The highest BCUT2D eigenvalue weighted by Crippen LogP contribution is 2.28. The zero-order valence-electron chi connectivity index (χ0n) is 19.1. The molecule has 0 radical (unpaired) electrons. The molecule has 4 aromatic carbocycles. The van der Waals surface area contributed by atoms with Gasteiger partial charge in [0.15, 0.2) is 5.82 Å². The minimum absolute atomic E-state index is 0.105. The molecule has 0 N–H and O–H groups in total. The summed E-state index contributed by atoms with van der Waals surface area (Å²) in [6.45, 7) is 0. The second kappa shape index (κ2) is 7.99. The van der Waals surface area contributed by atoms with Gasteiger partial charge in [0.1, 0.15) is 5.82 Å². The van der Waals surface area contributed by atoms with Gasteiger partial charge in [-0.2, -0.15) is 0 Å². The highest BCUT2D eigenvalue weighted by Gasteiger charge is 2.19. The minimum atomic E-state index is -0.105. The Kier molecular flexibility index (Phi) is 4.50. The van der Waals surface area contributed by atoms with E-state index in [1.165, 1.54) is 0 Å². The predicted octanol–water partition coefficient (Wildman–Crippen LogP) is 5.92. The van der Waals surface area contributed by atoms with Gasteiger partial charge in [-0.1, -0.05) is 84.9 Å². The predicted molar refractivity (Wildman–Crippen MR) is 142 cm³/mol. The van der Waals surface area contributed by atoms with Crippen molar-refractivity contribution in [3.63, 3.8) is 0 Å². The average Bonchev–Trinajstić information content (AvgIpc) is 3.28. The van der Waals surface area contributed by atoms with Crippen LogP contribution in [0.3, 0.4) is 0 Å². The van der Waals surface area contributed by atoms with Crippen LogP contribution in [-0.4, -0.2) is 23.9 Å². The first kappa shape index (κ1) is 20.3. The topological polar surface area (TPSA) is 65.1 Å². The average molecular weight is 466 g/mol. The molecule has 0 fully saturated rings. The van der Waals surface area contributed by atoms with Gasteiger partial charge < -0.3 is 0 Å². The van der Waals surface area contributed by atoms with Crippen LogP contribution >= 0.6 is 0 Å². The summed E-state index contributed by atoms with van der Waals surface area (Å²) >= 11 is 0. The summed E-state index contributed by atoms with van der Waals surface area (Å²) < 4.78 is 3.62. The molecular formula is C30H19N5O. The van der Waals surface area contributed by atoms with E-state index < -0.39 is 0 Å². The molecule has 0 spiro atoms. The lowest BCUT2D eigenvalue weighted by atomic mass is 10.1. The maximum atomic E-state index is 13.6. The molecule has 0 saturated carbocycles. The van der Waals surface area contributed by atoms with Gasteiger partial charge in [0.2, 0.25) is 5.78 Å². The van der Waals surface area contributed by atoms with Gasteiger partial charge in [0.25, 0.3) is 5.56 Å². The van der Waals surface area contributed by atoms with Gasteiger partial charge in [-0.25, -0.2) is 19.4 Å². The van der Waals surface area contributed by atoms with Gasteiger partial charge in [-0.05, 0) is 24.3 Å². The van der Waals surface area contributed by atoms with E-state index >= 15 is 0 Å². The summed E-state index contributed by atoms with van der Waals surface area (Å²) in [6, 6.07) is 37.1. The number of benzene rings is 4. The fraction of sp³-hybridized carbons (Fsp3) is 0. The van der Waals surface area contributed by atoms with Crippen LogP contribution in [-0.2, 0) is 0 Å². The van der Waals surface area contributed by atoms with Gasteiger partial charge in [0, 0.05) is 17.2 Å². The van der Waals surface area contributed by atoms with Crippen molar-refractivity contribution in [2.24, 2.45) is 0 Å². The normalized spacial score (nSPS) is 11.4. The third kappa shape index (κ3) is 3.12. The number of aromatic nitrogens is 5. The zero-order valence-corrected chi connectivity index (χ0v) is 19.1. The van der Waals surface area contributed by atoms with Crippen LogP contribution in [0.25, 0.3) is 56.2 Å². The van der Waals surface area contributed by atoms with E-state index in [4.69, 9.17) is 15.0 Å². The highest BCUT2D eigenvalue weighted by molar-refractivity contribution is 5.87. The van der Waals surface area contributed by atoms with E-state index in [1.54, 1.807) is 4.40 Å². The maximum Gasteiger partial charge on any atom is 0.267 e. The largest absolute Gasteiger partial charge is 0.268 e. The van der Waals surface area contributed by atoms with Gasteiger partial charge in [-0.15, -0.1) is 0 Å². The van der Waals surface area contributed by atoms with E-state index in [0.717, 1.165) is 27.9 Å². The first-order valence-electron chi connectivity index (χ1n) is 11.7. The molecule has 0 aliphatic carbocycles. The highest BCUT2D eigenvalue weighted by atomic mass is 16.1. The van der Waals surface area contributed by atoms with Crippen molar-refractivity contribution in [1.82, 2.24) is 23.9 Å². The third-order valence-electron chi connectivity index (χ3n) is 6.36. The minimum Gasteiger partial charge on any atom is -0.268 e.